The summed E-state index contributed by atoms with van der Waals surface area (Å²) in [6.07, 6.45) is 3.49. The van der Waals surface area contributed by atoms with Crippen molar-refractivity contribution in [3.8, 4) is 0 Å². The van der Waals surface area contributed by atoms with Gasteiger partial charge in [0.05, 0.1) is 11.9 Å². The van der Waals surface area contributed by atoms with E-state index in [1.165, 1.54) is 0 Å². The molecule has 2 aromatic rings. The smallest absolute Gasteiger partial charge is 0.180 e. The molecule has 0 unspecified atom stereocenters. The monoisotopic (exact) mass is 305 g/mol. The van der Waals surface area contributed by atoms with E-state index in [4.69, 9.17) is 4.99 Å². The Morgan fingerprint density at radius 3 is 2.55 bits per heavy atom. The Hall–Kier alpha value is -1.21. The predicted octanol–water partition coefficient (Wildman–Crippen LogP) is 2.78. The molecule has 7 heteroatoms. The molecule has 0 radical (unpaired) electrons. The number of hydrogen-bond donors (Lipinski definition) is 0. The number of nitrogens with zero attached hydrogens (tertiary/aromatic N) is 5. The average Bonchev–Trinajstić information content (AvgIpc) is 2.90. The molecule has 106 valence electrons. The second-order valence-electron chi connectivity index (χ2n) is 6.70. The fourth-order valence-electron chi connectivity index (χ4n) is 2.23. The summed E-state index contributed by atoms with van der Waals surface area (Å²) in [6.45, 7) is 11.2. The summed E-state index contributed by atoms with van der Waals surface area (Å²) < 4.78 is 2.27. The summed E-state index contributed by atoms with van der Waals surface area (Å²) in [5.41, 5.74) is 2.73. The van der Waals surface area contributed by atoms with E-state index in [1.54, 1.807) is 18.1 Å². The van der Waals surface area contributed by atoms with Crippen LogP contribution in [0.2, 0.25) is 19.6 Å². The molecule has 1 aliphatic rings. The van der Waals surface area contributed by atoms with Crippen LogP contribution in [0.1, 0.15) is 19.5 Å². The van der Waals surface area contributed by atoms with Crippen LogP contribution in [-0.2, 0) is 0 Å². The van der Waals surface area contributed by atoms with Crippen molar-refractivity contribution in [3.63, 3.8) is 0 Å². The Balaban J connectivity index is 2.24. The van der Waals surface area contributed by atoms with Crippen molar-refractivity contribution in [2.45, 2.75) is 39.0 Å². The molecule has 0 aromatic carbocycles. The summed E-state index contributed by atoms with van der Waals surface area (Å²) in [5.74, 6) is 0.995. The zero-order valence-electron chi connectivity index (χ0n) is 12.5. The molecule has 0 N–H and O–H groups in total. The molecule has 5 nitrogen and oxygen atoms in total. The van der Waals surface area contributed by atoms with Crippen LogP contribution in [0.4, 0.5) is 0 Å². The molecule has 2 aromatic heterocycles. The quantitative estimate of drug-likeness (QED) is 0.801. The third-order valence-corrected chi connectivity index (χ3v) is 6.42. The van der Waals surface area contributed by atoms with Gasteiger partial charge in [0.25, 0.3) is 0 Å². The van der Waals surface area contributed by atoms with Crippen LogP contribution in [0.5, 0.6) is 0 Å². The van der Waals surface area contributed by atoms with Gasteiger partial charge in [-0.15, -0.1) is 11.8 Å². The molecule has 0 aliphatic carbocycles. The lowest BCUT2D eigenvalue weighted by Crippen LogP contribution is -2.31. The van der Waals surface area contributed by atoms with Crippen molar-refractivity contribution < 1.29 is 0 Å². The van der Waals surface area contributed by atoms with E-state index >= 15 is 0 Å². The van der Waals surface area contributed by atoms with E-state index in [1.807, 2.05) is 6.33 Å². The molecule has 0 spiro atoms. The van der Waals surface area contributed by atoms with Gasteiger partial charge in [-0.25, -0.2) is 15.0 Å². The first kappa shape index (κ1) is 13.8. The Bertz CT molecular complexity index is 698. The lowest BCUT2D eigenvalue weighted by molar-refractivity contribution is 0.605. The predicted molar refractivity (Wildman–Crippen MR) is 87.1 cm³/mol. The first-order chi connectivity index (χ1) is 9.28. The van der Waals surface area contributed by atoms with Crippen LogP contribution < -0.4 is 0 Å². The minimum atomic E-state index is -1.55. The Morgan fingerprint density at radius 2 is 1.95 bits per heavy atom. The highest BCUT2D eigenvalue weighted by molar-refractivity contribution is 8.14. The summed E-state index contributed by atoms with van der Waals surface area (Å²) in [7, 11) is -1.55. The normalized spacial score (nSPS) is 18.6. The highest BCUT2D eigenvalue weighted by atomic mass is 32.2. The average molecular weight is 305 g/mol. The van der Waals surface area contributed by atoms with Gasteiger partial charge in [0.2, 0.25) is 0 Å². The van der Waals surface area contributed by atoms with Gasteiger partial charge in [0.1, 0.15) is 22.6 Å². The molecule has 1 aliphatic heterocycles. The second-order valence-corrected chi connectivity index (χ2v) is 12.5. The van der Waals surface area contributed by atoms with Crippen molar-refractivity contribution in [3.05, 3.63) is 18.3 Å². The van der Waals surface area contributed by atoms with Crippen LogP contribution >= 0.6 is 11.8 Å². The van der Waals surface area contributed by atoms with E-state index in [9.17, 15) is 0 Å². The fraction of sp³-hybridized carbons (Fsp3) is 0.538. The van der Waals surface area contributed by atoms with Crippen molar-refractivity contribution in [2.75, 3.05) is 5.75 Å². The van der Waals surface area contributed by atoms with Crippen molar-refractivity contribution >= 4 is 36.2 Å². The first-order valence-corrected chi connectivity index (χ1v) is 11.1. The molecule has 0 amide bonds. The fourth-order valence-corrected chi connectivity index (χ4v) is 4.66. The maximum atomic E-state index is 4.81. The van der Waals surface area contributed by atoms with Crippen LogP contribution in [0, 0.1) is 0 Å². The Morgan fingerprint density at radius 1 is 1.20 bits per heavy atom. The number of rotatable bonds is 2. The first-order valence-electron chi connectivity index (χ1n) is 6.69. The summed E-state index contributed by atoms with van der Waals surface area (Å²) >= 11 is 1.77. The van der Waals surface area contributed by atoms with E-state index in [2.05, 4.69) is 52.7 Å². The number of hydrogen-bond acceptors (Lipinski definition) is 5. The van der Waals surface area contributed by atoms with Gasteiger partial charge in [-0.05, 0) is 13.8 Å². The molecule has 3 heterocycles. The molecule has 0 saturated carbocycles. The van der Waals surface area contributed by atoms with Crippen molar-refractivity contribution in [1.29, 1.82) is 0 Å². The largest absolute Gasteiger partial charge is 0.356 e. The lowest BCUT2D eigenvalue weighted by atomic mass is 10.1. The van der Waals surface area contributed by atoms with Crippen LogP contribution in [0.15, 0.2) is 17.6 Å². The molecular formula is C13H19N5SSi. The SMILES string of the molecule is CC1(C)CSC(c2ncnc3ncn([Si](C)(C)C)c23)=N1. The van der Waals surface area contributed by atoms with E-state index in [0.717, 1.165) is 27.7 Å². The Labute approximate surface area is 124 Å². The van der Waals surface area contributed by atoms with E-state index < -0.39 is 8.24 Å². The standard InChI is InChI=1S/C13H19N5SSi/c1-13(2)6-19-12(17-13)9-10-11(15-7-14-9)16-8-18(10)20(3,4)5/h7-8H,6H2,1-5H3. The molecule has 3 rings (SSSR count). The summed E-state index contributed by atoms with van der Waals surface area (Å²) in [4.78, 5) is 18.0. The molecule has 0 bridgehead atoms. The minimum absolute atomic E-state index is 0.0126. The van der Waals surface area contributed by atoms with Crippen molar-refractivity contribution in [1.82, 2.24) is 19.2 Å². The molecule has 20 heavy (non-hydrogen) atoms. The van der Waals surface area contributed by atoms with E-state index in [-0.39, 0.29) is 5.54 Å². The maximum Gasteiger partial charge on any atom is 0.180 e. The zero-order chi connectivity index (χ0) is 14.5. The topological polar surface area (TPSA) is 56.0 Å². The molecule has 0 atom stereocenters. The van der Waals surface area contributed by atoms with Crippen LogP contribution in [0.3, 0.4) is 0 Å². The van der Waals surface area contributed by atoms with Gasteiger partial charge in [-0.2, -0.15) is 0 Å². The van der Waals surface area contributed by atoms with Gasteiger partial charge in [-0.3, -0.25) is 4.99 Å². The highest BCUT2D eigenvalue weighted by Gasteiger charge is 2.30. The number of fused-ring (bicyclic) bond motifs is 1. The Kier molecular flexibility index (Phi) is 3.02. The number of aromatic nitrogens is 4. The van der Waals surface area contributed by atoms with Gasteiger partial charge in [0.15, 0.2) is 13.9 Å². The third-order valence-electron chi connectivity index (χ3n) is 3.23. The summed E-state index contributed by atoms with van der Waals surface area (Å²) in [5, 5.41) is 1.02. The second kappa shape index (κ2) is 4.39. The maximum absolute atomic E-state index is 4.81. The molecular weight excluding hydrogens is 286 g/mol. The van der Waals surface area contributed by atoms with Crippen LogP contribution in [-0.4, -0.2) is 43.8 Å². The summed E-state index contributed by atoms with van der Waals surface area (Å²) in [6, 6.07) is 0. The number of imidazole rings is 1. The minimum Gasteiger partial charge on any atom is -0.356 e. The lowest BCUT2D eigenvalue weighted by Gasteiger charge is -2.19. The molecule has 0 saturated heterocycles. The van der Waals surface area contributed by atoms with Crippen molar-refractivity contribution in [2.24, 2.45) is 4.99 Å². The van der Waals surface area contributed by atoms with E-state index in [0.29, 0.717) is 0 Å². The third kappa shape index (κ3) is 2.29. The zero-order valence-corrected chi connectivity index (χ0v) is 14.3. The molecule has 0 fully saturated rings. The van der Waals surface area contributed by atoms with Gasteiger partial charge in [0, 0.05) is 5.75 Å². The van der Waals surface area contributed by atoms with Crippen LogP contribution in [0.25, 0.3) is 11.2 Å². The highest BCUT2D eigenvalue weighted by Crippen LogP contribution is 2.32. The van der Waals surface area contributed by atoms with Gasteiger partial charge < -0.3 is 4.23 Å². The van der Waals surface area contributed by atoms with Gasteiger partial charge >= 0.3 is 0 Å². The number of thioether (sulfide) groups is 1. The van der Waals surface area contributed by atoms with Gasteiger partial charge in [-0.1, -0.05) is 19.6 Å². The number of aliphatic imine (C=N–C) groups is 1.